The molecular weight excluding hydrogens is 302 g/mol. The van der Waals surface area contributed by atoms with Gasteiger partial charge < -0.3 is 8.98 Å². The van der Waals surface area contributed by atoms with Crippen molar-refractivity contribution in [1.29, 1.82) is 5.26 Å². The zero-order valence-electron chi connectivity index (χ0n) is 14.5. The van der Waals surface area contributed by atoms with E-state index in [0.717, 1.165) is 5.56 Å². The van der Waals surface area contributed by atoms with Crippen LogP contribution in [0.3, 0.4) is 0 Å². The van der Waals surface area contributed by atoms with Crippen LogP contribution in [0.25, 0.3) is 0 Å². The fourth-order valence-electron chi connectivity index (χ4n) is 3.57. The molecule has 2 aromatic rings. The number of oxazole rings is 1. The lowest BCUT2D eigenvalue weighted by Crippen LogP contribution is -2.15. The van der Waals surface area contributed by atoms with E-state index in [1.807, 2.05) is 6.07 Å². The van der Waals surface area contributed by atoms with Crippen molar-refractivity contribution < 1.29 is 4.42 Å². The van der Waals surface area contributed by atoms with Crippen molar-refractivity contribution in [3.8, 4) is 6.07 Å². The van der Waals surface area contributed by atoms with Crippen LogP contribution in [-0.4, -0.2) is 15.8 Å². The van der Waals surface area contributed by atoms with E-state index in [4.69, 9.17) is 9.68 Å². The molecule has 6 nitrogen and oxygen atoms in total. The molecule has 0 amide bonds. The van der Waals surface area contributed by atoms with E-state index in [-0.39, 0.29) is 11.6 Å². The van der Waals surface area contributed by atoms with Gasteiger partial charge in [-0.2, -0.15) is 10.4 Å². The highest BCUT2D eigenvalue weighted by Crippen LogP contribution is 2.31. The molecule has 1 aliphatic carbocycles. The van der Waals surface area contributed by atoms with Gasteiger partial charge in [-0.05, 0) is 32.8 Å². The van der Waals surface area contributed by atoms with E-state index < -0.39 is 0 Å². The first-order valence-electron chi connectivity index (χ1n) is 8.45. The molecule has 126 valence electrons. The van der Waals surface area contributed by atoms with Crippen LogP contribution in [0.15, 0.2) is 15.6 Å². The Morgan fingerprint density at radius 3 is 2.79 bits per heavy atom. The molecule has 0 aliphatic heterocycles. The number of anilines is 1. The predicted octanol–water partition coefficient (Wildman–Crippen LogP) is 4.22. The number of nitriles is 1. The van der Waals surface area contributed by atoms with Crippen molar-refractivity contribution in [2.24, 2.45) is 5.10 Å². The summed E-state index contributed by atoms with van der Waals surface area (Å²) in [4.78, 5) is 3.98. The summed E-state index contributed by atoms with van der Waals surface area (Å²) in [6.45, 7) is 6.00. The van der Waals surface area contributed by atoms with Gasteiger partial charge in [-0.3, -0.25) is 0 Å². The molecule has 1 fully saturated rings. The highest BCUT2D eigenvalue weighted by Gasteiger charge is 2.19. The van der Waals surface area contributed by atoms with Crippen LogP contribution in [0.5, 0.6) is 0 Å². The molecular formula is C18H23N5O. The molecule has 2 heterocycles. The van der Waals surface area contributed by atoms with Gasteiger partial charge in [0.05, 0.1) is 6.21 Å². The van der Waals surface area contributed by atoms with Crippen molar-refractivity contribution in [2.75, 3.05) is 5.43 Å². The van der Waals surface area contributed by atoms with Crippen molar-refractivity contribution >= 4 is 12.1 Å². The zero-order chi connectivity index (χ0) is 17.1. The summed E-state index contributed by atoms with van der Waals surface area (Å²) in [5, 5.41) is 13.2. The van der Waals surface area contributed by atoms with Crippen LogP contribution >= 0.6 is 0 Å². The van der Waals surface area contributed by atoms with E-state index in [9.17, 15) is 0 Å². The Kier molecular flexibility index (Phi) is 4.70. The standard InChI is InChI=1S/C18H23N5O/c1-12-9-15(13(2)23(12)16-7-5-4-6-8-16)11-20-22-18-17(10-19)21-14(3)24-18/h9,11,16,22H,4-8H2,1-3H3/b20-11+. The second-order valence-electron chi connectivity index (χ2n) is 6.38. The molecule has 0 aromatic carbocycles. The van der Waals surface area contributed by atoms with Crippen molar-refractivity contribution in [2.45, 2.75) is 58.9 Å². The first-order chi connectivity index (χ1) is 11.6. The second-order valence-corrected chi connectivity index (χ2v) is 6.38. The van der Waals surface area contributed by atoms with Crippen molar-refractivity contribution in [1.82, 2.24) is 9.55 Å². The van der Waals surface area contributed by atoms with Gasteiger partial charge in [0.1, 0.15) is 6.07 Å². The zero-order valence-corrected chi connectivity index (χ0v) is 14.5. The largest absolute Gasteiger partial charge is 0.422 e. The lowest BCUT2D eigenvalue weighted by molar-refractivity contribution is 0.346. The van der Waals surface area contributed by atoms with E-state index in [1.54, 1.807) is 13.1 Å². The number of aryl methyl sites for hydroxylation is 2. The van der Waals surface area contributed by atoms with Gasteiger partial charge in [-0.25, -0.2) is 10.4 Å². The molecule has 0 saturated heterocycles. The van der Waals surface area contributed by atoms with Crippen LogP contribution < -0.4 is 5.43 Å². The van der Waals surface area contributed by atoms with E-state index in [0.29, 0.717) is 11.9 Å². The highest BCUT2D eigenvalue weighted by atomic mass is 16.4. The lowest BCUT2D eigenvalue weighted by Gasteiger charge is -2.26. The Morgan fingerprint density at radius 1 is 1.33 bits per heavy atom. The molecule has 1 aliphatic rings. The Labute approximate surface area is 142 Å². The Hall–Kier alpha value is -2.55. The summed E-state index contributed by atoms with van der Waals surface area (Å²) in [5.41, 5.74) is 6.59. The van der Waals surface area contributed by atoms with E-state index in [2.05, 4.69) is 40.0 Å². The summed E-state index contributed by atoms with van der Waals surface area (Å²) >= 11 is 0. The summed E-state index contributed by atoms with van der Waals surface area (Å²) in [5.74, 6) is 0.729. The third-order valence-corrected chi connectivity index (χ3v) is 4.67. The van der Waals surface area contributed by atoms with Gasteiger partial charge in [-0.1, -0.05) is 19.3 Å². The number of nitrogens with one attached hydrogen (secondary N) is 1. The number of hydrogen-bond donors (Lipinski definition) is 1. The minimum Gasteiger partial charge on any atom is -0.422 e. The molecule has 1 N–H and O–H groups in total. The van der Waals surface area contributed by atoms with Gasteiger partial charge in [0.2, 0.25) is 5.69 Å². The summed E-state index contributed by atoms with van der Waals surface area (Å²) in [6, 6.07) is 4.75. The minimum absolute atomic E-state index is 0.220. The van der Waals surface area contributed by atoms with Crippen LogP contribution in [-0.2, 0) is 0 Å². The Morgan fingerprint density at radius 2 is 2.08 bits per heavy atom. The first-order valence-corrected chi connectivity index (χ1v) is 8.45. The van der Waals surface area contributed by atoms with Gasteiger partial charge in [0.25, 0.3) is 5.88 Å². The maximum Gasteiger partial charge on any atom is 0.252 e. The average molecular weight is 325 g/mol. The quantitative estimate of drug-likeness (QED) is 0.674. The highest BCUT2D eigenvalue weighted by molar-refractivity contribution is 5.82. The van der Waals surface area contributed by atoms with E-state index in [1.165, 1.54) is 43.5 Å². The molecule has 0 radical (unpaired) electrons. The molecule has 0 spiro atoms. The van der Waals surface area contributed by atoms with Crippen molar-refractivity contribution in [3.05, 3.63) is 34.6 Å². The molecule has 2 aromatic heterocycles. The third kappa shape index (κ3) is 3.21. The number of aromatic nitrogens is 2. The maximum atomic E-state index is 9.01. The number of hydrazone groups is 1. The normalized spacial score (nSPS) is 15.8. The molecule has 3 rings (SSSR count). The average Bonchev–Trinajstić information content (AvgIpc) is 3.07. The molecule has 0 unspecified atom stereocenters. The molecule has 0 bridgehead atoms. The van der Waals surface area contributed by atoms with Crippen molar-refractivity contribution in [3.63, 3.8) is 0 Å². The Bertz CT molecular complexity index is 787. The number of nitrogens with zero attached hydrogens (tertiary/aromatic N) is 4. The second kappa shape index (κ2) is 6.91. The minimum atomic E-state index is 0.220. The Balaban J connectivity index is 1.77. The van der Waals surface area contributed by atoms with Gasteiger partial charge in [-0.15, -0.1) is 0 Å². The maximum absolute atomic E-state index is 9.01. The smallest absolute Gasteiger partial charge is 0.252 e. The predicted molar refractivity (Wildman–Crippen MR) is 93.2 cm³/mol. The van der Waals surface area contributed by atoms with Gasteiger partial charge in [0.15, 0.2) is 5.89 Å². The SMILES string of the molecule is Cc1nc(C#N)c(N/N=C/c2cc(C)n(C3CCCCC3)c2C)o1. The van der Waals surface area contributed by atoms with Crippen LogP contribution in [0.4, 0.5) is 5.88 Å². The fourth-order valence-corrected chi connectivity index (χ4v) is 3.57. The van der Waals surface area contributed by atoms with Crippen LogP contribution in [0, 0.1) is 32.1 Å². The molecule has 24 heavy (non-hydrogen) atoms. The van der Waals surface area contributed by atoms with Crippen LogP contribution in [0.1, 0.15) is 66.7 Å². The van der Waals surface area contributed by atoms with Gasteiger partial charge >= 0.3 is 0 Å². The first kappa shape index (κ1) is 16.3. The third-order valence-electron chi connectivity index (χ3n) is 4.67. The molecule has 1 saturated carbocycles. The fraction of sp³-hybridized carbons (Fsp3) is 0.500. The topological polar surface area (TPSA) is 79.1 Å². The van der Waals surface area contributed by atoms with Gasteiger partial charge in [0, 0.05) is 29.9 Å². The number of rotatable bonds is 4. The number of hydrogen-bond acceptors (Lipinski definition) is 5. The van der Waals surface area contributed by atoms with Crippen LogP contribution in [0.2, 0.25) is 0 Å². The van der Waals surface area contributed by atoms with E-state index >= 15 is 0 Å². The molecule has 0 atom stereocenters. The summed E-state index contributed by atoms with van der Waals surface area (Å²) in [7, 11) is 0. The molecule has 6 heteroatoms. The lowest BCUT2D eigenvalue weighted by atomic mass is 9.95. The summed E-state index contributed by atoms with van der Waals surface area (Å²) < 4.78 is 7.78. The summed E-state index contributed by atoms with van der Waals surface area (Å²) in [6.07, 6.45) is 8.28. The monoisotopic (exact) mass is 325 g/mol.